The molecule has 0 atom stereocenters. The molecule has 1 N–H and O–H groups in total. The lowest BCUT2D eigenvalue weighted by atomic mass is 10.0. The van der Waals surface area contributed by atoms with Gasteiger partial charge < -0.3 is 5.32 Å². The van der Waals surface area contributed by atoms with E-state index >= 15 is 0 Å². The average Bonchev–Trinajstić information content (AvgIpc) is 2.67. The number of unbranched alkanes of at least 4 members (excludes halogenated alkanes) is 14. The van der Waals surface area contributed by atoms with Crippen LogP contribution >= 0.6 is 15.9 Å². The summed E-state index contributed by atoms with van der Waals surface area (Å²) in [6.07, 6.45) is 20.9. The van der Waals surface area contributed by atoms with Gasteiger partial charge in [0, 0.05) is 16.6 Å². The van der Waals surface area contributed by atoms with Gasteiger partial charge in [0.15, 0.2) is 0 Å². The van der Waals surface area contributed by atoms with E-state index in [4.69, 9.17) is 0 Å². The third-order valence-electron chi connectivity index (χ3n) is 5.77. The van der Waals surface area contributed by atoms with E-state index in [1.165, 1.54) is 89.9 Å². The molecule has 1 aromatic rings. The Bertz CT molecular complexity index is 547. The van der Waals surface area contributed by atoms with Crippen LogP contribution in [0.2, 0.25) is 0 Å². The zero-order chi connectivity index (χ0) is 21.3. The van der Waals surface area contributed by atoms with Gasteiger partial charge in [-0.2, -0.15) is 0 Å². The van der Waals surface area contributed by atoms with E-state index in [0.717, 1.165) is 27.7 Å². The SMILES string of the molecule is CCCCCCCCCCCCCCCCCC(=O)Nc1c(C)cc(Br)cc1C. The molecule has 0 aliphatic heterocycles. The summed E-state index contributed by atoms with van der Waals surface area (Å²) in [6, 6.07) is 4.10. The minimum Gasteiger partial charge on any atom is -0.326 e. The molecule has 0 spiro atoms. The largest absolute Gasteiger partial charge is 0.326 e. The van der Waals surface area contributed by atoms with E-state index in [-0.39, 0.29) is 5.91 Å². The lowest BCUT2D eigenvalue weighted by Crippen LogP contribution is -2.13. The highest BCUT2D eigenvalue weighted by Gasteiger charge is 2.08. The zero-order valence-electron chi connectivity index (χ0n) is 19.3. The highest BCUT2D eigenvalue weighted by Crippen LogP contribution is 2.25. The van der Waals surface area contributed by atoms with Crippen LogP contribution in [-0.4, -0.2) is 5.91 Å². The molecule has 1 amide bonds. The van der Waals surface area contributed by atoms with E-state index in [2.05, 4.69) is 40.3 Å². The summed E-state index contributed by atoms with van der Waals surface area (Å²) < 4.78 is 1.06. The fraction of sp³-hybridized carbons (Fsp3) is 0.731. The summed E-state index contributed by atoms with van der Waals surface area (Å²) in [5, 5.41) is 3.10. The molecule has 0 aromatic heterocycles. The molecule has 0 unspecified atom stereocenters. The number of amides is 1. The fourth-order valence-electron chi connectivity index (χ4n) is 3.97. The van der Waals surface area contributed by atoms with Crippen molar-refractivity contribution in [2.45, 2.75) is 124 Å². The molecule has 1 aromatic carbocycles. The molecule has 0 fully saturated rings. The lowest BCUT2D eigenvalue weighted by Gasteiger charge is -2.12. The Hall–Kier alpha value is -0.830. The van der Waals surface area contributed by atoms with E-state index in [0.29, 0.717) is 6.42 Å². The summed E-state index contributed by atoms with van der Waals surface area (Å²) in [6.45, 7) is 6.37. The van der Waals surface area contributed by atoms with Gasteiger partial charge in [0.1, 0.15) is 0 Å². The molecule has 1 rings (SSSR count). The molecular weight excluding hydrogens is 422 g/mol. The van der Waals surface area contributed by atoms with Crippen LogP contribution in [0.4, 0.5) is 5.69 Å². The Morgan fingerprint density at radius 1 is 0.724 bits per heavy atom. The van der Waals surface area contributed by atoms with Crippen molar-refractivity contribution >= 4 is 27.5 Å². The second-order valence-corrected chi connectivity index (χ2v) is 9.58. The maximum absolute atomic E-state index is 12.2. The van der Waals surface area contributed by atoms with Gasteiger partial charge in [-0.15, -0.1) is 0 Å². The second-order valence-electron chi connectivity index (χ2n) is 8.66. The number of benzene rings is 1. The van der Waals surface area contributed by atoms with Crippen LogP contribution in [0.15, 0.2) is 16.6 Å². The first-order valence-electron chi connectivity index (χ1n) is 12.1. The molecular formula is C26H44BrNO. The smallest absolute Gasteiger partial charge is 0.224 e. The van der Waals surface area contributed by atoms with Gasteiger partial charge in [-0.3, -0.25) is 4.79 Å². The molecule has 0 radical (unpaired) electrons. The number of anilines is 1. The van der Waals surface area contributed by atoms with Crippen molar-refractivity contribution < 1.29 is 4.79 Å². The van der Waals surface area contributed by atoms with E-state index in [1.54, 1.807) is 0 Å². The maximum Gasteiger partial charge on any atom is 0.224 e. The van der Waals surface area contributed by atoms with Crippen LogP contribution in [-0.2, 0) is 4.79 Å². The van der Waals surface area contributed by atoms with E-state index in [9.17, 15) is 4.79 Å². The molecule has 0 bridgehead atoms. The summed E-state index contributed by atoms with van der Waals surface area (Å²) in [7, 11) is 0. The first kappa shape index (κ1) is 26.2. The van der Waals surface area contributed by atoms with Crippen molar-refractivity contribution in [3.63, 3.8) is 0 Å². The number of halogens is 1. The summed E-state index contributed by atoms with van der Waals surface area (Å²) in [5.74, 6) is 0.146. The van der Waals surface area contributed by atoms with Crippen molar-refractivity contribution in [3.8, 4) is 0 Å². The Kier molecular flexibility index (Phi) is 15.3. The maximum atomic E-state index is 12.2. The van der Waals surface area contributed by atoms with Crippen LogP contribution in [0.1, 0.15) is 121 Å². The molecule has 0 aliphatic carbocycles. The Morgan fingerprint density at radius 3 is 1.52 bits per heavy atom. The number of nitrogens with one attached hydrogen (secondary N) is 1. The predicted octanol–water partition coefficient (Wildman–Crippen LogP) is 9.27. The topological polar surface area (TPSA) is 29.1 Å². The van der Waals surface area contributed by atoms with Gasteiger partial charge in [-0.05, 0) is 43.5 Å². The van der Waals surface area contributed by atoms with E-state index in [1.807, 2.05) is 13.8 Å². The Labute approximate surface area is 188 Å². The average molecular weight is 467 g/mol. The first-order chi connectivity index (χ1) is 14.0. The van der Waals surface area contributed by atoms with Crippen LogP contribution in [0.25, 0.3) is 0 Å². The number of hydrogen-bond donors (Lipinski definition) is 1. The molecule has 2 nitrogen and oxygen atoms in total. The monoisotopic (exact) mass is 465 g/mol. The van der Waals surface area contributed by atoms with Crippen molar-refractivity contribution in [2.75, 3.05) is 5.32 Å². The van der Waals surface area contributed by atoms with Gasteiger partial charge in [-0.25, -0.2) is 0 Å². The fourth-order valence-corrected chi connectivity index (χ4v) is 4.65. The number of carbonyl (C=O) groups excluding carboxylic acids is 1. The van der Waals surface area contributed by atoms with Gasteiger partial charge in [-0.1, -0.05) is 113 Å². The quantitative estimate of drug-likeness (QED) is 0.228. The third-order valence-corrected chi connectivity index (χ3v) is 6.23. The zero-order valence-corrected chi connectivity index (χ0v) is 20.8. The van der Waals surface area contributed by atoms with Gasteiger partial charge in [0.05, 0.1) is 0 Å². The van der Waals surface area contributed by atoms with Gasteiger partial charge >= 0.3 is 0 Å². The van der Waals surface area contributed by atoms with Crippen LogP contribution in [0, 0.1) is 13.8 Å². The van der Waals surface area contributed by atoms with Gasteiger partial charge in [0.2, 0.25) is 5.91 Å². The summed E-state index contributed by atoms with van der Waals surface area (Å²) >= 11 is 3.50. The summed E-state index contributed by atoms with van der Waals surface area (Å²) in [4.78, 5) is 12.2. The van der Waals surface area contributed by atoms with Crippen molar-refractivity contribution in [1.82, 2.24) is 0 Å². The molecule has 0 saturated carbocycles. The van der Waals surface area contributed by atoms with Crippen molar-refractivity contribution in [2.24, 2.45) is 0 Å². The molecule has 3 heteroatoms. The second kappa shape index (κ2) is 16.9. The third kappa shape index (κ3) is 13.2. The standard InChI is InChI=1S/C26H44BrNO/c1-4-5-6-7-8-9-10-11-12-13-14-15-16-17-18-19-25(29)28-26-22(2)20-24(27)21-23(26)3/h20-21H,4-19H2,1-3H3,(H,28,29). The van der Waals surface area contributed by atoms with Crippen LogP contribution in [0.5, 0.6) is 0 Å². The number of hydrogen-bond acceptors (Lipinski definition) is 1. The first-order valence-corrected chi connectivity index (χ1v) is 12.9. The van der Waals surface area contributed by atoms with Gasteiger partial charge in [0.25, 0.3) is 0 Å². The minimum atomic E-state index is 0.146. The number of aryl methyl sites for hydroxylation is 2. The Morgan fingerprint density at radius 2 is 1.10 bits per heavy atom. The minimum absolute atomic E-state index is 0.146. The molecule has 0 aliphatic rings. The molecule has 0 heterocycles. The number of carbonyl (C=O) groups is 1. The highest BCUT2D eigenvalue weighted by atomic mass is 79.9. The van der Waals surface area contributed by atoms with E-state index < -0.39 is 0 Å². The normalized spacial score (nSPS) is 11.0. The van der Waals surface area contributed by atoms with Crippen LogP contribution < -0.4 is 5.32 Å². The molecule has 29 heavy (non-hydrogen) atoms. The van der Waals surface area contributed by atoms with Crippen LogP contribution in [0.3, 0.4) is 0 Å². The molecule has 0 saturated heterocycles. The highest BCUT2D eigenvalue weighted by molar-refractivity contribution is 9.10. The van der Waals surface area contributed by atoms with Crippen molar-refractivity contribution in [1.29, 1.82) is 0 Å². The Balaban J connectivity index is 1.93. The lowest BCUT2D eigenvalue weighted by molar-refractivity contribution is -0.116. The number of rotatable bonds is 17. The molecule has 166 valence electrons. The van der Waals surface area contributed by atoms with Crippen molar-refractivity contribution in [3.05, 3.63) is 27.7 Å². The predicted molar refractivity (Wildman–Crippen MR) is 132 cm³/mol. The summed E-state index contributed by atoms with van der Waals surface area (Å²) in [5.41, 5.74) is 3.20.